The summed E-state index contributed by atoms with van der Waals surface area (Å²) in [7, 11) is 0. The summed E-state index contributed by atoms with van der Waals surface area (Å²) in [5.41, 5.74) is 1.12. The smallest absolute Gasteiger partial charge is 0.302 e. The van der Waals surface area contributed by atoms with E-state index in [1.807, 2.05) is 0 Å². The van der Waals surface area contributed by atoms with Gasteiger partial charge in [0.1, 0.15) is 6.10 Å². The summed E-state index contributed by atoms with van der Waals surface area (Å²) in [5.74, 6) is 5.41. The monoisotopic (exact) mass is 416 g/mol. The molecule has 0 radical (unpaired) electrons. The van der Waals surface area contributed by atoms with E-state index in [0.29, 0.717) is 10.8 Å². The molecule has 0 saturated heterocycles. The van der Waals surface area contributed by atoms with E-state index in [4.69, 9.17) is 4.74 Å². The molecule has 0 aromatic carbocycles. The maximum atomic E-state index is 11.5. The maximum Gasteiger partial charge on any atom is 0.302 e. The Hall–Kier alpha value is -0.530. The van der Waals surface area contributed by atoms with Gasteiger partial charge in [-0.1, -0.05) is 47.0 Å². The van der Waals surface area contributed by atoms with Crippen LogP contribution in [0.3, 0.4) is 0 Å². The van der Waals surface area contributed by atoms with E-state index in [2.05, 4.69) is 27.7 Å². The number of hydrogen-bond donors (Lipinski definition) is 0. The molecule has 3 unspecified atom stereocenters. The van der Waals surface area contributed by atoms with E-state index in [1.165, 1.54) is 70.6 Å². The van der Waals surface area contributed by atoms with Crippen molar-refractivity contribution in [2.75, 3.05) is 0 Å². The van der Waals surface area contributed by atoms with Crippen LogP contribution in [0.1, 0.15) is 118 Å². The molecule has 4 aliphatic carbocycles. The normalized spacial score (nSPS) is 45.5. The van der Waals surface area contributed by atoms with Crippen molar-refractivity contribution in [3.05, 3.63) is 0 Å². The van der Waals surface area contributed by atoms with Gasteiger partial charge in [-0.25, -0.2) is 0 Å². The van der Waals surface area contributed by atoms with Gasteiger partial charge < -0.3 is 4.74 Å². The highest BCUT2D eigenvalue weighted by molar-refractivity contribution is 5.66. The molecule has 4 rings (SSSR count). The molecule has 2 nitrogen and oxygen atoms in total. The van der Waals surface area contributed by atoms with Gasteiger partial charge in [-0.15, -0.1) is 0 Å². The van der Waals surface area contributed by atoms with Gasteiger partial charge in [0, 0.05) is 6.92 Å². The Bertz CT molecular complexity index is 612. The number of carbonyl (C=O) groups is 1. The molecule has 0 heterocycles. The highest BCUT2D eigenvalue weighted by atomic mass is 16.5. The highest BCUT2D eigenvalue weighted by Gasteiger charge is 2.60. The fraction of sp³-hybridized carbons (Fsp3) is 0.964. The molecule has 30 heavy (non-hydrogen) atoms. The Morgan fingerprint density at radius 3 is 2.40 bits per heavy atom. The molecule has 4 fully saturated rings. The number of carbonyl (C=O) groups excluding carboxylic acids is 1. The van der Waals surface area contributed by atoms with Crippen LogP contribution in [0.5, 0.6) is 0 Å². The summed E-state index contributed by atoms with van der Waals surface area (Å²) in [5, 5.41) is 0. The van der Waals surface area contributed by atoms with Gasteiger partial charge in [0.15, 0.2) is 0 Å². The van der Waals surface area contributed by atoms with Crippen molar-refractivity contribution >= 4 is 5.97 Å². The average molecular weight is 417 g/mol. The number of fused-ring (bicyclic) bond motifs is 5. The second kappa shape index (κ2) is 8.78. The molecule has 0 aromatic heterocycles. The predicted molar refractivity (Wildman–Crippen MR) is 124 cm³/mol. The molecule has 172 valence electrons. The Balaban J connectivity index is 1.40. The summed E-state index contributed by atoms with van der Waals surface area (Å²) in [6, 6.07) is 0. The maximum absolute atomic E-state index is 11.5. The lowest BCUT2D eigenvalue weighted by Crippen LogP contribution is -2.54. The first-order valence-electron chi connectivity index (χ1n) is 13.4. The molecular weight excluding hydrogens is 368 g/mol. The van der Waals surface area contributed by atoms with Crippen molar-refractivity contribution in [3.63, 3.8) is 0 Å². The summed E-state index contributed by atoms with van der Waals surface area (Å²) in [6.07, 6.45) is 18.2. The summed E-state index contributed by atoms with van der Waals surface area (Å²) in [4.78, 5) is 11.5. The minimum atomic E-state index is -0.0869. The van der Waals surface area contributed by atoms with Gasteiger partial charge >= 0.3 is 5.97 Å². The van der Waals surface area contributed by atoms with Crippen LogP contribution < -0.4 is 0 Å². The number of esters is 1. The Kier molecular flexibility index (Phi) is 6.63. The standard InChI is InChI=1S/C28H48O2/c1-19(2)8-6-7-9-21-11-13-25-24-12-10-22-18-23(30-20(3)29)14-16-28(22,5)26(24)15-17-27(21,25)4/h19,21-26H,6-18H2,1-5H3/t21-,22?,23-,24-,25?,26?,27+,28-/m0/s1. The SMILES string of the molecule is CC(=O)O[C@H]1CC[C@@]2(C)C(CC[C@@H]3C2CC[C@@]2(C)C3CC[C@@H]2CCCCC(C)C)C1. The summed E-state index contributed by atoms with van der Waals surface area (Å²) in [6.45, 7) is 11.6. The van der Waals surface area contributed by atoms with E-state index in [1.54, 1.807) is 6.92 Å². The van der Waals surface area contributed by atoms with Crippen molar-refractivity contribution in [2.45, 2.75) is 124 Å². The lowest BCUT2D eigenvalue weighted by atomic mass is 9.44. The molecule has 0 aromatic rings. The number of unbranched alkanes of at least 4 members (excludes halogenated alkanes) is 1. The van der Waals surface area contributed by atoms with Crippen LogP contribution in [-0.4, -0.2) is 12.1 Å². The van der Waals surface area contributed by atoms with E-state index in [-0.39, 0.29) is 12.1 Å². The van der Waals surface area contributed by atoms with E-state index in [0.717, 1.165) is 48.3 Å². The van der Waals surface area contributed by atoms with Crippen molar-refractivity contribution in [3.8, 4) is 0 Å². The second-order valence-corrected chi connectivity index (χ2v) is 12.7. The molecule has 0 bridgehead atoms. The molecule has 0 spiro atoms. The number of hydrogen-bond acceptors (Lipinski definition) is 2. The van der Waals surface area contributed by atoms with Gasteiger partial charge in [0.25, 0.3) is 0 Å². The predicted octanol–water partition coefficient (Wildman–Crippen LogP) is 7.79. The van der Waals surface area contributed by atoms with Crippen LogP contribution in [0.4, 0.5) is 0 Å². The first-order valence-corrected chi connectivity index (χ1v) is 13.4. The highest BCUT2D eigenvalue weighted by Crippen LogP contribution is 2.68. The topological polar surface area (TPSA) is 26.3 Å². The van der Waals surface area contributed by atoms with Gasteiger partial charge in [-0.3, -0.25) is 4.79 Å². The van der Waals surface area contributed by atoms with Crippen molar-refractivity contribution < 1.29 is 9.53 Å². The Labute approximate surface area is 186 Å². The third kappa shape index (κ3) is 4.11. The van der Waals surface area contributed by atoms with E-state index >= 15 is 0 Å². The molecule has 4 saturated carbocycles. The molecule has 2 heteroatoms. The van der Waals surface area contributed by atoms with E-state index in [9.17, 15) is 4.79 Å². The number of rotatable bonds is 6. The van der Waals surface area contributed by atoms with Crippen molar-refractivity contribution in [2.24, 2.45) is 46.3 Å². The molecule has 8 atom stereocenters. The van der Waals surface area contributed by atoms with Gasteiger partial charge in [-0.2, -0.15) is 0 Å². The zero-order chi connectivity index (χ0) is 21.5. The van der Waals surface area contributed by atoms with Gasteiger partial charge in [0.2, 0.25) is 0 Å². The van der Waals surface area contributed by atoms with Gasteiger partial charge in [-0.05, 0) is 111 Å². The molecule has 0 aliphatic heterocycles. The van der Waals surface area contributed by atoms with Crippen LogP contribution in [0.15, 0.2) is 0 Å². The van der Waals surface area contributed by atoms with Gasteiger partial charge in [0.05, 0.1) is 0 Å². The van der Waals surface area contributed by atoms with Crippen LogP contribution >= 0.6 is 0 Å². The molecule has 0 amide bonds. The molecular formula is C28H48O2. The average Bonchev–Trinajstić information content (AvgIpc) is 3.01. The quantitative estimate of drug-likeness (QED) is 0.326. The Morgan fingerprint density at radius 1 is 0.933 bits per heavy atom. The summed E-state index contributed by atoms with van der Waals surface area (Å²) < 4.78 is 5.64. The third-order valence-corrected chi connectivity index (χ3v) is 10.7. The number of ether oxygens (including phenoxy) is 1. The largest absolute Gasteiger partial charge is 0.463 e. The fourth-order valence-electron chi connectivity index (χ4n) is 9.09. The zero-order valence-corrected chi connectivity index (χ0v) is 20.6. The summed E-state index contributed by atoms with van der Waals surface area (Å²) >= 11 is 0. The van der Waals surface area contributed by atoms with Crippen LogP contribution in [0, 0.1) is 46.3 Å². The minimum absolute atomic E-state index is 0.0869. The van der Waals surface area contributed by atoms with Crippen molar-refractivity contribution in [1.82, 2.24) is 0 Å². The van der Waals surface area contributed by atoms with Crippen molar-refractivity contribution in [1.29, 1.82) is 0 Å². The molecule has 4 aliphatic rings. The Morgan fingerprint density at radius 2 is 1.67 bits per heavy atom. The van der Waals surface area contributed by atoms with Crippen LogP contribution in [0.25, 0.3) is 0 Å². The lowest BCUT2D eigenvalue weighted by molar-refractivity contribution is -0.160. The lowest BCUT2D eigenvalue weighted by Gasteiger charge is -2.61. The molecule has 0 N–H and O–H groups in total. The van der Waals surface area contributed by atoms with Crippen LogP contribution in [0.2, 0.25) is 0 Å². The minimum Gasteiger partial charge on any atom is -0.463 e. The van der Waals surface area contributed by atoms with Crippen LogP contribution in [-0.2, 0) is 9.53 Å². The second-order valence-electron chi connectivity index (χ2n) is 12.7. The third-order valence-electron chi connectivity index (χ3n) is 10.7. The first kappa shape index (κ1) is 22.7. The fourth-order valence-corrected chi connectivity index (χ4v) is 9.09. The first-order chi connectivity index (χ1) is 14.2. The zero-order valence-electron chi connectivity index (χ0n) is 20.6. The van der Waals surface area contributed by atoms with E-state index < -0.39 is 0 Å².